The van der Waals surface area contributed by atoms with E-state index >= 15 is 0 Å². The second-order valence-corrected chi connectivity index (χ2v) is 29.0. The fraction of sp³-hybridized carbons (Fsp3) is 0.931. The van der Waals surface area contributed by atoms with Crippen molar-refractivity contribution >= 4 is 29.7 Å². The maximum atomic E-state index is 13.6. The second-order valence-electron chi connectivity index (χ2n) is 29.0. The fourth-order valence-corrected chi connectivity index (χ4v) is 14.2. The van der Waals surface area contributed by atoms with Crippen LogP contribution in [0.15, 0.2) is 0 Å². The molecule has 24 atom stereocenters. The number of hydrogen-bond donors (Lipinski definition) is 19. The predicted molar refractivity (Wildman–Crippen MR) is 372 cm³/mol. The zero-order valence-corrected chi connectivity index (χ0v) is 61.7. The molecule has 4 aliphatic heterocycles. The number of aliphatic carboxylic acids is 2. The van der Waals surface area contributed by atoms with E-state index < -0.39 is 216 Å². The molecule has 0 aromatic rings. The number of hydrogen-bond acceptors (Lipinski definition) is 27. The highest BCUT2D eigenvalue weighted by Gasteiger charge is 2.62. The van der Waals surface area contributed by atoms with Crippen molar-refractivity contribution in [1.29, 1.82) is 0 Å². The van der Waals surface area contributed by atoms with Crippen molar-refractivity contribution < 1.29 is 144 Å². The molecule has 0 aromatic heterocycles. The summed E-state index contributed by atoms with van der Waals surface area (Å²) < 4.78 is 46.6. The standard InChI is InChI=1S/C72H131N3O29/c1-5-7-9-11-13-15-17-19-20-21-22-24-26-28-30-32-34-36-54(86)75-46(47(82)35-33-31-29-27-25-23-18-16-14-12-10-8-6-2)43-97-67-61(91)60(90)63(53(42-79)99-67)100-68-62(92)66(58(88)51(40-77)98-68)104-72(70(95)96)38-49(84)56(74-45(4)81)65(103-72)59(89)52(41-78)101-71(69(93)94)37-48(83)55(73-44(3)80)64(102-71)57(87)50(85)39-76/h46-53,55-68,76-79,82-85,87-92H,5-43H2,1-4H3,(H,73,80)(H,74,81)(H,75,86)(H,93,94)(H,95,96). The van der Waals surface area contributed by atoms with Crippen molar-refractivity contribution in [1.82, 2.24) is 16.0 Å². The third kappa shape index (κ3) is 29.7. The van der Waals surface area contributed by atoms with E-state index in [9.17, 15) is 106 Å². The van der Waals surface area contributed by atoms with E-state index in [4.69, 9.17) is 37.9 Å². The number of carboxylic acids is 2. The van der Waals surface area contributed by atoms with Crippen LogP contribution in [0.4, 0.5) is 0 Å². The summed E-state index contributed by atoms with van der Waals surface area (Å²) in [4.78, 5) is 65.0. The minimum Gasteiger partial charge on any atom is -0.477 e. The summed E-state index contributed by atoms with van der Waals surface area (Å²) >= 11 is 0. The maximum Gasteiger partial charge on any atom is 0.364 e. The molecule has 4 heterocycles. The lowest BCUT2D eigenvalue weighted by atomic mass is 9.87. The summed E-state index contributed by atoms with van der Waals surface area (Å²) in [5.74, 6) is -13.1. The molecule has 4 rings (SSSR count). The Morgan fingerprint density at radius 2 is 0.904 bits per heavy atom. The zero-order chi connectivity index (χ0) is 76.9. The van der Waals surface area contributed by atoms with Gasteiger partial charge in [-0.1, -0.05) is 200 Å². The summed E-state index contributed by atoms with van der Waals surface area (Å²) in [6, 6.07) is -4.64. The number of nitrogens with one attached hydrogen (secondary N) is 3. The number of carbonyl (C=O) groups excluding carboxylic acids is 3. The summed E-state index contributed by atoms with van der Waals surface area (Å²) in [5, 5.41) is 185. The zero-order valence-electron chi connectivity index (χ0n) is 61.7. The van der Waals surface area contributed by atoms with Crippen LogP contribution < -0.4 is 16.0 Å². The van der Waals surface area contributed by atoms with Gasteiger partial charge in [0, 0.05) is 33.1 Å². The van der Waals surface area contributed by atoms with E-state index in [1.807, 2.05) is 0 Å². The van der Waals surface area contributed by atoms with E-state index in [1.165, 1.54) is 128 Å². The van der Waals surface area contributed by atoms with Crippen LogP contribution in [-0.2, 0) is 61.9 Å². The minimum absolute atomic E-state index is 0.179. The second kappa shape index (κ2) is 49.6. The molecule has 0 saturated carbocycles. The van der Waals surface area contributed by atoms with Crippen LogP contribution in [0.5, 0.6) is 0 Å². The van der Waals surface area contributed by atoms with Crippen molar-refractivity contribution in [3.8, 4) is 0 Å². The van der Waals surface area contributed by atoms with Crippen molar-refractivity contribution in [2.75, 3.05) is 33.0 Å². The lowest BCUT2D eigenvalue weighted by Crippen LogP contribution is -2.72. The summed E-state index contributed by atoms with van der Waals surface area (Å²) in [6.45, 7) is 1.20. The number of aliphatic hydroxyl groups is 14. The van der Waals surface area contributed by atoms with Crippen LogP contribution in [0.25, 0.3) is 0 Å². The molecule has 4 saturated heterocycles. The first-order valence-electron chi connectivity index (χ1n) is 38.5. The molecule has 0 radical (unpaired) electrons. The SMILES string of the molecule is CCCCCCCCCCCCCCCCCCCC(=O)NC(COC1OC(CO)C(OC2OC(CO)C(O)C(OC3(C(=O)O)CC(O)C(NC(C)=O)C(C(O)C(CO)OC4(C(=O)O)CC(O)C(NC(C)=O)C(C(O)C(O)CO)O4)O3)C2O)C(O)C1O)C(O)CCCCCCCCCCCCCCC. The molecule has 3 amide bonds. The quantitative estimate of drug-likeness (QED) is 0.0382. The van der Waals surface area contributed by atoms with E-state index in [2.05, 4.69) is 29.8 Å². The third-order valence-electron chi connectivity index (χ3n) is 20.3. The van der Waals surface area contributed by atoms with Gasteiger partial charge in [0.2, 0.25) is 17.7 Å². The fourth-order valence-electron chi connectivity index (χ4n) is 14.2. The first-order chi connectivity index (χ1) is 49.7. The van der Waals surface area contributed by atoms with Crippen LogP contribution in [-0.4, -0.2) is 290 Å². The van der Waals surface area contributed by atoms with Gasteiger partial charge in [-0.3, -0.25) is 14.4 Å². The smallest absolute Gasteiger partial charge is 0.364 e. The topological polar surface area (TPSA) is 519 Å². The molecule has 4 aliphatic rings. The van der Waals surface area contributed by atoms with Gasteiger partial charge in [-0.2, -0.15) is 0 Å². The molecular formula is C72H131N3O29. The third-order valence-corrected chi connectivity index (χ3v) is 20.3. The Morgan fingerprint density at radius 3 is 1.34 bits per heavy atom. The highest BCUT2D eigenvalue weighted by Crippen LogP contribution is 2.41. The van der Waals surface area contributed by atoms with Gasteiger partial charge in [0.25, 0.3) is 11.6 Å². The molecule has 24 unspecified atom stereocenters. The first kappa shape index (κ1) is 92.9. The number of amides is 3. The molecule has 104 heavy (non-hydrogen) atoms. The number of ether oxygens (including phenoxy) is 8. The molecule has 0 bridgehead atoms. The van der Waals surface area contributed by atoms with Gasteiger partial charge in [-0.15, -0.1) is 0 Å². The van der Waals surface area contributed by atoms with Crippen LogP contribution in [0, 0.1) is 0 Å². The number of carbonyl (C=O) groups is 5. The van der Waals surface area contributed by atoms with Crippen molar-refractivity contribution in [3.63, 3.8) is 0 Å². The first-order valence-corrected chi connectivity index (χ1v) is 38.5. The summed E-state index contributed by atoms with van der Waals surface area (Å²) in [5.41, 5.74) is 0. The summed E-state index contributed by atoms with van der Waals surface area (Å²) in [7, 11) is 0. The van der Waals surface area contributed by atoms with Crippen LogP contribution >= 0.6 is 0 Å². The molecule has 4 fully saturated rings. The Labute approximate surface area is 612 Å². The summed E-state index contributed by atoms with van der Waals surface area (Å²) in [6.07, 6.45) is -7.17. The number of unbranched alkanes of at least 4 members (excludes halogenated alkanes) is 28. The van der Waals surface area contributed by atoms with Crippen molar-refractivity contribution in [3.05, 3.63) is 0 Å². The monoisotopic (exact) mass is 1500 g/mol. The van der Waals surface area contributed by atoms with Crippen LogP contribution in [0.2, 0.25) is 0 Å². The lowest BCUT2D eigenvalue weighted by molar-refractivity contribution is -0.388. The molecule has 32 heteroatoms. The largest absolute Gasteiger partial charge is 0.477 e. The average molecular weight is 1500 g/mol. The van der Waals surface area contributed by atoms with Gasteiger partial charge in [0.05, 0.1) is 69.5 Å². The van der Waals surface area contributed by atoms with E-state index in [0.717, 1.165) is 65.2 Å². The van der Waals surface area contributed by atoms with E-state index in [1.54, 1.807) is 0 Å². The molecule has 19 N–H and O–H groups in total. The predicted octanol–water partition coefficient (Wildman–Crippen LogP) is 1.34. The van der Waals surface area contributed by atoms with Crippen molar-refractivity contribution in [2.24, 2.45) is 0 Å². The number of rotatable bonds is 55. The lowest BCUT2D eigenvalue weighted by Gasteiger charge is -2.51. The van der Waals surface area contributed by atoms with E-state index in [-0.39, 0.29) is 12.3 Å². The molecule has 0 aliphatic carbocycles. The highest BCUT2D eigenvalue weighted by molar-refractivity contribution is 5.78. The highest BCUT2D eigenvalue weighted by atomic mass is 16.8. The average Bonchev–Trinajstić information content (AvgIpc) is 0.886. The molecule has 32 nitrogen and oxygen atoms in total. The Morgan fingerprint density at radius 1 is 0.481 bits per heavy atom. The molecule has 608 valence electrons. The van der Waals surface area contributed by atoms with Gasteiger partial charge >= 0.3 is 11.9 Å². The van der Waals surface area contributed by atoms with Gasteiger partial charge < -0.3 is 136 Å². The van der Waals surface area contributed by atoms with Gasteiger partial charge in [0.15, 0.2) is 12.6 Å². The van der Waals surface area contributed by atoms with Gasteiger partial charge in [-0.05, 0) is 12.8 Å². The van der Waals surface area contributed by atoms with Gasteiger partial charge in [-0.25, -0.2) is 9.59 Å². The van der Waals surface area contributed by atoms with E-state index in [0.29, 0.717) is 19.3 Å². The number of carboxylic acid groups (broad SMARTS) is 2. The Kier molecular flexibility index (Phi) is 44.3. The molecule has 0 spiro atoms. The molecular weight excluding hydrogens is 1370 g/mol. The van der Waals surface area contributed by atoms with Gasteiger partial charge in [0.1, 0.15) is 85.5 Å². The molecule has 0 aromatic carbocycles. The number of aliphatic hydroxyl groups excluding tert-OH is 14. The Hall–Kier alpha value is -3.53. The normalized spacial score (nSPS) is 31.3. The van der Waals surface area contributed by atoms with Crippen LogP contribution in [0.1, 0.15) is 246 Å². The Bertz CT molecular complexity index is 2390. The van der Waals surface area contributed by atoms with Crippen LogP contribution in [0.3, 0.4) is 0 Å². The maximum absolute atomic E-state index is 13.6. The minimum atomic E-state index is -3.39. The van der Waals surface area contributed by atoms with Crippen molar-refractivity contribution in [2.45, 2.75) is 392 Å². The Balaban J connectivity index is 1.47.